The number of rotatable bonds is 3. The molecule has 80 valence electrons. The lowest BCUT2D eigenvalue weighted by Gasteiger charge is -2.09. The molecule has 0 spiro atoms. The van der Waals surface area contributed by atoms with Gasteiger partial charge in [0.15, 0.2) is 0 Å². The van der Waals surface area contributed by atoms with Crippen molar-refractivity contribution in [2.75, 3.05) is 5.06 Å². The van der Waals surface area contributed by atoms with Crippen LogP contribution in [-0.2, 0) is 4.79 Å². The zero-order chi connectivity index (χ0) is 11.4. The minimum atomic E-state index is 0.359. The maximum absolute atomic E-state index is 10.3. The molecule has 2 rings (SSSR count). The van der Waals surface area contributed by atoms with E-state index in [-0.39, 0.29) is 0 Å². The highest BCUT2D eigenvalue weighted by Gasteiger charge is 2.01. The molecule has 1 amide bonds. The first-order valence-corrected chi connectivity index (χ1v) is 4.90. The molecule has 0 saturated carbocycles. The Balaban J connectivity index is 2.30. The Morgan fingerprint density at radius 1 is 0.875 bits per heavy atom. The molecule has 0 bridgehead atoms. The topological polar surface area (TPSA) is 40.5 Å². The third-order valence-corrected chi connectivity index (χ3v) is 2.34. The lowest BCUT2D eigenvalue weighted by molar-refractivity contribution is -0.111. The van der Waals surface area contributed by atoms with Gasteiger partial charge >= 0.3 is 0 Å². The number of hydroxylamine groups is 1. The molecule has 0 atom stereocenters. The van der Waals surface area contributed by atoms with Crippen molar-refractivity contribution in [3.05, 3.63) is 54.6 Å². The molecule has 0 heterocycles. The van der Waals surface area contributed by atoms with Gasteiger partial charge in [-0.1, -0.05) is 42.5 Å². The summed E-state index contributed by atoms with van der Waals surface area (Å²) >= 11 is 0. The molecule has 3 heteroatoms. The van der Waals surface area contributed by atoms with E-state index in [1.54, 1.807) is 12.1 Å². The predicted molar refractivity (Wildman–Crippen MR) is 62.2 cm³/mol. The summed E-state index contributed by atoms with van der Waals surface area (Å²) in [6.45, 7) is 0. The monoisotopic (exact) mass is 213 g/mol. The zero-order valence-electron chi connectivity index (χ0n) is 8.58. The summed E-state index contributed by atoms with van der Waals surface area (Å²) < 4.78 is 0. The summed E-state index contributed by atoms with van der Waals surface area (Å²) in [6, 6.07) is 17.0. The molecule has 0 unspecified atom stereocenters. The summed E-state index contributed by atoms with van der Waals surface area (Å²) in [4.78, 5) is 10.3. The molecule has 3 nitrogen and oxygen atoms in total. The maximum Gasteiger partial charge on any atom is 0.237 e. The second-order valence-electron chi connectivity index (χ2n) is 3.36. The normalized spacial score (nSPS) is 9.81. The highest BCUT2D eigenvalue weighted by molar-refractivity contribution is 5.74. The molecule has 2 aromatic carbocycles. The van der Waals surface area contributed by atoms with Crippen molar-refractivity contribution in [3.8, 4) is 11.1 Å². The van der Waals surface area contributed by atoms with Gasteiger partial charge in [0, 0.05) is 0 Å². The maximum atomic E-state index is 10.3. The summed E-state index contributed by atoms with van der Waals surface area (Å²) in [6.07, 6.45) is 0.359. The van der Waals surface area contributed by atoms with Crippen LogP contribution in [0.1, 0.15) is 0 Å². The first kappa shape index (κ1) is 10.4. The standard InChI is InChI=1S/C13H11NO2/c15-10-14(16)13-8-6-12(7-9-13)11-4-2-1-3-5-11/h1-10,16H. The lowest BCUT2D eigenvalue weighted by atomic mass is 10.1. The molecular formula is C13H11NO2. The lowest BCUT2D eigenvalue weighted by Crippen LogP contribution is -2.14. The van der Waals surface area contributed by atoms with Gasteiger partial charge in [-0.25, -0.2) is 0 Å². The largest absolute Gasteiger partial charge is 0.281 e. The van der Waals surface area contributed by atoms with Gasteiger partial charge in [0.05, 0.1) is 5.69 Å². The third-order valence-electron chi connectivity index (χ3n) is 2.34. The molecule has 2 aromatic rings. The highest BCUT2D eigenvalue weighted by atomic mass is 16.5. The van der Waals surface area contributed by atoms with Crippen molar-refractivity contribution >= 4 is 12.1 Å². The van der Waals surface area contributed by atoms with E-state index in [0.717, 1.165) is 11.1 Å². The minimum Gasteiger partial charge on any atom is -0.281 e. The predicted octanol–water partition coefficient (Wildman–Crippen LogP) is 2.71. The first-order chi connectivity index (χ1) is 7.81. The van der Waals surface area contributed by atoms with E-state index in [4.69, 9.17) is 5.21 Å². The average Bonchev–Trinajstić information content (AvgIpc) is 2.39. The van der Waals surface area contributed by atoms with Crippen molar-refractivity contribution < 1.29 is 10.0 Å². The number of carbonyl (C=O) groups excluding carboxylic acids is 1. The zero-order valence-corrected chi connectivity index (χ0v) is 8.58. The van der Waals surface area contributed by atoms with Crippen molar-refractivity contribution in [3.63, 3.8) is 0 Å². The second-order valence-corrected chi connectivity index (χ2v) is 3.36. The van der Waals surface area contributed by atoms with Crippen LogP contribution < -0.4 is 5.06 Å². The van der Waals surface area contributed by atoms with Gasteiger partial charge in [0.1, 0.15) is 0 Å². The van der Waals surface area contributed by atoms with Gasteiger partial charge < -0.3 is 0 Å². The van der Waals surface area contributed by atoms with Crippen LogP contribution in [0, 0.1) is 0 Å². The summed E-state index contributed by atoms with van der Waals surface area (Å²) in [5.41, 5.74) is 2.60. The number of anilines is 1. The van der Waals surface area contributed by atoms with Crippen molar-refractivity contribution in [1.82, 2.24) is 0 Å². The molecule has 0 aromatic heterocycles. The molecule has 0 aliphatic carbocycles. The highest BCUT2D eigenvalue weighted by Crippen LogP contribution is 2.21. The Morgan fingerprint density at radius 3 is 2.00 bits per heavy atom. The van der Waals surface area contributed by atoms with Crippen LogP contribution in [0.15, 0.2) is 54.6 Å². The van der Waals surface area contributed by atoms with E-state index in [1.165, 1.54) is 0 Å². The second kappa shape index (κ2) is 4.59. The van der Waals surface area contributed by atoms with Crippen LogP contribution >= 0.6 is 0 Å². The fourth-order valence-corrected chi connectivity index (χ4v) is 1.50. The molecule has 0 aliphatic heterocycles. The number of amides is 1. The van der Waals surface area contributed by atoms with Crippen LogP contribution in [0.3, 0.4) is 0 Å². The van der Waals surface area contributed by atoms with E-state index in [2.05, 4.69) is 0 Å². The van der Waals surface area contributed by atoms with E-state index in [0.29, 0.717) is 17.2 Å². The van der Waals surface area contributed by atoms with E-state index in [1.807, 2.05) is 42.5 Å². The quantitative estimate of drug-likeness (QED) is 0.483. The van der Waals surface area contributed by atoms with Crippen LogP contribution in [0.5, 0.6) is 0 Å². The Morgan fingerprint density at radius 2 is 1.44 bits per heavy atom. The van der Waals surface area contributed by atoms with Gasteiger partial charge in [-0.3, -0.25) is 10.0 Å². The SMILES string of the molecule is O=CN(O)c1ccc(-c2ccccc2)cc1. The Kier molecular flexibility index (Phi) is 2.98. The molecule has 16 heavy (non-hydrogen) atoms. The number of benzene rings is 2. The van der Waals surface area contributed by atoms with E-state index in [9.17, 15) is 4.79 Å². The Bertz CT molecular complexity index is 465. The first-order valence-electron chi connectivity index (χ1n) is 4.90. The van der Waals surface area contributed by atoms with Gasteiger partial charge in [0.25, 0.3) is 0 Å². The van der Waals surface area contributed by atoms with Crippen molar-refractivity contribution in [1.29, 1.82) is 0 Å². The Hall–Kier alpha value is -2.13. The van der Waals surface area contributed by atoms with Crippen LogP contribution in [0.25, 0.3) is 11.1 Å². The summed E-state index contributed by atoms with van der Waals surface area (Å²) in [5.74, 6) is 0. The molecule has 0 radical (unpaired) electrons. The fourth-order valence-electron chi connectivity index (χ4n) is 1.50. The average molecular weight is 213 g/mol. The van der Waals surface area contributed by atoms with E-state index < -0.39 is 0 Å². The Labute approximate surface area is 93.5 Å². The molecule has 0 aliphatic rings. The third kappa shape index (κ3) is 2.10. The van der Waals surface area contributed by atoms with E-state index >= 15 is 0 Å². The van der Waals surface area contributed by atoms with Gasteiger partial charge in [-0.2, -0.15) is 5.06 Å². The van der Waals surface area contributed by atoms with Crippen LogP contribution in [0.4, 0.5) is 5.69 Å². The summed E-state index contributed by atoms with van der Waals surface area (Å²) in [5, 5.41) is 9.71. The summed E-state index contributed by atoms with van der Waals surface area (Å²) in [7, 11) is 0. The number of hydrogen-bond donors (Lipinski definition) is 1. The van der Waals surface area contributed by atoms with Gasteiger partial charge in [-0.15, -0.1) is 0 Å². The molecular weight excluding hydrogens is 202 g/mol. The number of carbonyl (C=O) groups is 1. The smallest absolute Gasteiger partial charge is 0.237 e. The minimum absolute atomic E-state index is 0.359. The number of hydrogen-bond acceptors (Lipinski definition) is 2. The van der Waals surface area contributed by atoms with Crippen molar-refractivity contribution in [2.45, 2.75) is 0 Å². The molecule has 0 fully saturated rings. The van der Waals surface area contributed by atoms with Gasteiger partial charge in [0.2, 0.25) is 6.41 Å². The van der Waals surface area contributed by atoms with Gasteiger partial charge in [-0.05, 0) is 23.3 Å². The van der Waals surface area contributed by atoms with Crippen LogP contribution in [-0.4, -0.2) is 11.6 Å². The fraction of sp³-hybridized carbons (Fsp3) is 0. The van der Waals surface area contributed by atoms with Crippen molar-refractivity contribution in [2.24, 2.45) is 0 Å². The molecule has 1 N–H and O–H groups in total. The molecule has 0 saturated heterocycles. The number of nitrogens with zero attached hydrogens (tertiary/aromatic N) is 1. The van der Waals surface area contributed by atoms with Crippen LogP contribution in [0.2, 0.25) is 0 Å².